The Morgan fingerprint density at radius 3 is 2.55 bits per heavy atom. The second-order valence-corrected chi connectivity index (χ2v) is 7.14. The largest absolute Gasteiger partial charge is 0.493 e. The maximum absolute atomic E-state index is 12.7. The molecule has 0 aliphatic rings. The molecule has 2 heterocycles. The van der Waals surface area contributed by atoms with Crippen molar-refractivity contribution in [2.24, 2.45) is 0 Å². The molecule has 0 fully saturated rings. The summed E-state index contributed by atoms with van der Waals surface area (Å²) >= 11 is -0.265. The Hall–Kier alpha value is -3.21. The van der Waals surface area contributed by atoms with Crippen molar-refractivity contribution in [2.75, 3.05) is 5.32 Å². The maximum Gasteiger partial charge on any atom is 0.446 e. The van der Waals surface area contributed by atoms with Crippen LogP contribution in [0.15, 0.2) is 58.5 Å². The highest BCUT2D eigenvalue weighted by molar-refractivity contribution is 8.00. The van der Waals surface area contributed by atoms with Crippen molar-refractivity contribution in [2.45, 2.75) is 23.9 Å². The van der Waals surface area contributed by atoms with Gasteiger partial charge in [0.15, 0.2) is 0 Å². The number of nitrogens with zero attached hydrogens (tertiary/aromatic N) is 3. The zero-order valence-electron chi connectivity index (χ0n) is 15.0. The predicted molar refractivity (Wildman–Crippen MR) is 101 cm³/mol. The van der Waals surface area contributed by atoms with Crippen LogP contribution in [0.2, 0.25) is 0 Å². The number of nitrogens with one attached hydrogen (secondary N) is 1. The van der Waals surface area contributed by atoms with Crippen molar-refractivity contribution in [1.29, 1.82) is 0 Å². The first kappa shape index (κ1) is 20.5. The lowest BCUT2D eigenvalue weighted by Crippen LogP contribution is -2.23. The molecule has 0 atom stereocenters. The Morgan fingerprint density at radius 2 is 1.93 bits per heavy atom. The van der Waals surface area contributed by atoms with Crippen LogP contribution in [0.5, 0.6) is 5.88 Å². The minimum atomic E-state index is -4.41. The van der Waals surface area contributed by atoms with Gasteiger partial charge in [0.25, 0.3) is 0 Å². The summed E-state index contributed by atoms with van der Waals surface area (Å²) in [5, 5.41) is 12.7. The Morgan fingerprint density at radius 1 is 1.24 bits per heavy atom. The molecule has 0 unspecified atom stereocenters. The van der Waals surface area contributed by atoms with Gasteiger partial charge >= 0.3 is 11.2 Å². The van der Waals surface area contributed by atoms with Crippen molar-refractivity contribution in [3.05, 3.63) is 64.8 Å². The summed E-state index contributed by atoms with van der Waals surface area (Å²) in [4.78, 5) is 27.8. The fourth-order valence-corrected chi connectivity index (χ4v) is 3.19. The highest BCUT2D eigenvalue weighted by atomic mass is 32.2. The second kappa shape index (κ2) is 8.03. The number of aromatic hydroxyl groups is 1. The van der Waals surface area contributed by atoms with Crippen LogP contribution in [-0.2, 0) is 11.3 Å². The first-order valence-corrected chi connectivity index (χ1v) is 9.04. The minimum Gasteiger partial charge on any atom is -0.493 e. The number of carbonyl (C=O) groups is 1. The van der Waals surface area contributed by atoms with E-state index in [1.807, 2.05) is 0 Å². The van der Waals surface area contributed by atoms with Gasteiger partial charge in [-0.05, 0) is 53.7 Å². The van der Waals surface area contributed by atoms with Crippen molar-refractivity contribution < 1.29 is 23.1 Å². The normalized spacial score (nSPS) is 11.4. The van der Waals surface area contributed by atoms with Crippen molar-refractivity contribution >= 4 is 23.5 Å². The molecule has 0 saturated heterocycles. The molecule has 0 bridgehead atoms. The molecule has 29 heavy (non-hydrogen) atoms. The number of rotatable bonds is 5. The van der Waals surface area contributed by atoms with Gasteiger partial charge in [-0.2, -0.15) is 13.2 Å². The molecule has 3 rings (SSSR count). The predicted octanol–water partition coefficient (Wildman–Crippen LogP) is 3.36. The highest BCUT2D eigenvalue weighted by Crippen LogP contribution is 2.37. The molecule has 1 aromatic carbocycles. The SMILES string of the molecule is CC(=O)Nc1cc(Cn2cc(O)n(-c3ccc(SC(F)(F)F)cc3)c2=O)ccn1. The first-order chi connectivity index (χ1) is 13.6. The van der Waals surface area contributed by atoms with Crippen LogP contribution in [0.25, 0.3) is 5.69 Å². The van der Waals surface area contributed by atoms with E-state index >= 15 is 0 Å². The highest BCUT2D eigenvalue weighted by Gasteiger charge is 2.29. The smallest absolute Gasteiger partial charge is 0.446 e. The zero-order chi connectivity index (χ0) is 21.2. The van der Waals surface area contributed by atoms with Crippen molar-refractivity contribution in [3.8, 4) is 11.6 Å². The number of thioether (sulfide) groups is 1. The molecule has 1 amide bonds. The topological polar surface area (TPSA) is 89.2 Å². The summed E-state index contributed by atoms with van der Waals surface area (Å²) in [6.07, 6.45) is 2.69. The molecule has 7 nitrogen and oxygen atoms in total. The van der Waals surface area contributed by atoms with Crippen LogP contribution in [0.1, 0.15) is 12.5 Å². The lowest BCUT2D eigenvalue weighted by Gasteiger charge is -2.07. The quantitative estimate of drug-likeness (QED) is 0.613. The van der Waals surface area contributed by atoms with Crippen LogP contribution < -0.4 is 11.0 Å². The Balaban J connectivity index is 1.86. The number of carbonyl (C=O) groups excluding carboxylic acids is 1. The molecular formula is C18H15F3N4O3S. The van der Waals surface area contributed by atoms with E-state index < -0.39 is 11.2 Å². The van der Waals surface area contributed by atoms with Gasteiger partial charge in [-0.15, -0.1) is 0 Å². The van der Waals surface area contributed by atoms with E-state index in [9.17, 15) is 27.9 Å². The number of alkyl halides is 3. The second-order valence-electron chi connectivity index (χ2n) is 6.01. The van der Waals surface area contributed by atoms with Gasteiger partial charge in [-0.3, -0.25) is 9.36 Å². The number of anilines is 1. The monoisotopic (exact) mass is 424 g/mol. The zero-order valence-corrected chi connectivity index (χ0v) is 15.8. The maximum atomic E-state index is 12.7. The van der Waals surface area contributed by atoms with Crippen LogP contribution >= 0.6 is 11.8 Å². The molecule has 152 valence electrons. The molecule has 0 spiro atoms. The summed E-state index contributed by atoms with van der Waals surface area (Å²) in [7, 11) is 0. The van der Waals surface area contributed by atoms with Crippen molar-refractivity contribution in [3.63, 3.8) is 0 Å². The number of aromatic nitrogens is 3. The molecular weight excluding hydrogens is 409 g/mol. The summed E-state index contributed by atoms with van der Waals surface area (Å²) < 4.78 is 39.5. The van der Waals surface area contributed by atoms with Gasteiger partial charge < -0.3 is 10.4 Å². The molecule has 0 aliphatic heterocycles. The van der Waals surface area contributed by atoms with Gasteiger partial charge in [-0.1, -0.05) is 0 Å². The summed E-state index contributed by atoms with van der Waals surface area (Å²) in [6, 6.07) is 8.32. The fraction of sp³-hybridized carbons (Fsp3) is 0.167. The van der Waals surface area contributed by atoms with E-state index in [-0.39, 0.29) is 40.7 Å². The number of hydrogen-bond donors (Lipinski definition) is 2. The lowest BCUT2D eigenvalue weighted by atomic mass is 10.2. The van der Waals surface area contributed by atoms with Crippen LogP contribution in [-0.4, -0.2) is 30.6 Å². The number of amides is 1. The summed E-state index contributed by atoms with van der Waals surface area (Å²) in [5.74, 6) is -0.324. The van der Waals surface area contributed by atoms with Gasteiger partial charge in [0, 0.05) is 18.0 Å². The summed E-state index contributed by atoms with van der Waals surface area (Å²) in [5.41, 5.74) is -4.10. The average Bonchev–Trinajstić information content (AvgIpc) is 2.88. The van der Waals surface area contributed by atoms with E-state index in [1.165, 1.54) is 48.1 Å². The van der Waals surface area contributed by atoms with Gasteiger partial charge in [0.2, 0.25) is 11.8 Å². The average molecular weight is 424 g/mol. The van der Waals surface area contributed by atoms with Gasteiger partial charge in [-0.25, -0.2) is 14.3 Å². The summed E-state index contributed by atoms with van der Waals surface area (Å²) in [6.45, 7) is 1.44. The fourth-order valence-electron chi connectivity index (χ4n) is 2.65. The standard InChI is InChI=1S/C18H15F3N4O3S/c1-11(26)23-15-8-12(6-7-22-15)9-24-10-16(27)25(17(24)28)13-2-4-14(5-3-13)29-18(19,20)21/h2-8,10,27H,9H2,1H3,(H,22,23,26). The number of benzene rings is 1. The van der Waals surface area contributed by atoms with Crippen LogP contribution in [0, 0.1) is 0 Å². The van der Waals surface area contributed by atoms with E-state index in [4.69, 9.17) is 0 Å². The van der Waals surface area contributed by atoms with Crippen molar-refractivity contribution in [1.82, 2.24) is 14.1 Å². The van der Waals surface area contributed by atoms with E-state index in [2.05, 4.69) is 10.3 Å². The van der Waals surface area contributed by atoms with Gasteiger partial charge in [0.05, 0.1) is 18.4 Å². The third-order valence-corrected chi connectivity index (χ3v) is 4.49. The Bertz CT molecular complexity index is 1090. The number of hydrogen-bond acceptors (Lipinski definition) is 5. The van der Waals surface area contributed by atoms with E-state index in [0.29, 0.717) is 11.4 Å². The third-order valence-electron chi connectivity index (χ3n) is 3.75. The molecule has 0 aliphatic carbocycles. The number of imidazole rings is 1. The number of halogens is 3. The molecule has 0 saturated carbocycles. The molecule has 11 heteroatoms. The van der Waals surface area contributed by atoms with E-state index in [0.717, 1.165) is 4.57 Å². The molecule has 2 N–H and O–H groups in total. The molecule has 2 aromatic heterocycles. The lowest BCUT2D eigenvalue weighted by molar-refractivity contribution is -0.114. The molecule has 3 aromatic rings. The Kier molecular flexibility index (Phi) is 5.69. The van der Waals surface area contributed by atoms with Gasteiger partial charge in [0.1, 0.15) is 5.82 Å². The Labute approximate surface area is 166 Å². The van der Waals surface area contributed by atoms with Crippen LogP contribution in [0.3, 0.4) is 0 Å². The molecule has 0 radical (unpaired) electrons. The number of pyridine rings is 1. The third kappa shape index (κ3) is 5.19. The minimum absolute atomic E-state index is 0.0319. The van der Waals surface area contributed by atoms with E-state index in [1.54, 1.807) is 12.1 Å². The first-order valence-electron chi connectivity index (χ1n) is 8.22. The van der Waals surface area contributed by atoms with Crippen LogP contribution in [0.4, 0.5) is 19.0 Å².